The molecule has 0 N–H and O–H groups in total. The van der Waals surface area contributed by atoms with Crippen molar-refractivity contribution in [1.29, 1.82) is 5.26 Å². The molecule has 0 aromatic heterocycles. The minimum absolute atomic E-state index is 0.413. The number of para-hydroxylation sites is 1. The van der Waals surface area contributed by atoms with Gasteiger partial charge in [-0.2, -0.15) is 5.26 Å². The Morgan fingerprint density at radius 2 is 1.53 bits per heavy atom. The number of nitrogens with zero attached hydrogens (tertiary/aromatic N) is 1. The molecule has 158 valence electrons. The minimum atomic E-state index is -1.02. The zero-order valence-corrected chi connectivity index (χ0v) is 17.8. The van der Waals surface area contributed by atoms with E-state index in [0.717, 1.165) is 16.3 Å². The van der Waals surface area contributed by atoms with Gasteiger partial charge in [-0.3, -0.25) is 4.79 Å². The molecular formula is C28H23NO3. The van der Waals surface area contributed by atoms with E-state index < -0.39 is 18.0 Å². The molecule has 0 aliphatic rings. The van der Waals surface area contributed by atoms with Crippen LogP contribution in [-0.2, 0) is 9.53 Å². The average molecular weight is 421 g/mol. The molecule has 0 aliphatic heterocycles. The third-order valence-corrected chi connectivity index (χ3v) is 5.36. The molecule has 2 atom stereocenters. The number of ether oxygens (including phenoxy) is 2. The van der Waals surface area contributed by atoms with Crippen LogP contribution in [0.5, 0.6) is 11.5 Å². The second-order valence-electron chi connectivity index (χ2n) is 7.50. The number of nitriles is 1. The van der Waals surface area contributed by atoms with Crippen molar-refractivity contribution >= 4 is 16.7 Å². The van der Waals surface area contributed by atoms with E-state index in [2.05, 4.69) is 6.07 Å². The van der Waals surface area contributed by atoms with Crippen LogP contribution in [0.3, 0.4) is 0 Å². The molecule has 0 bridgehead atoms. The first-order chi connectivity index (χ1) is 15.7. The Labute approximate surface area is 187 Å². The number of rotatable bonds is 7. The quantitative estimate of drug-likeness (QED) is 0.303. The fraction of sp³-hybridized carbons (Fsp3) is 0.143. The third kappa shape index (κ3) is 4.79. The van der Waals surface area contributed by atoms with Gasteiger partial charge in [-0.15, -0.1) is 0 Å². The van der Waals surface area contributed by atoms with E-state index in [4.69, 9.17) is 9.47 Å². The fourth-order valence-corrected chi connectivity index (χ4v) is 3.70. The highest BCUT2D eigenvalue weighted by Crippen LogP contribution is 2.30. The van der Waals surface area contributed by atoms with E-state index in [1.807, 2.05) is 79.7 Å². The van der Waals surface area contributed by atoms with Crippen LogP contribution < -0.4 is 4.74 Å². The molecule has 0 saturated carbocycles. The second-order valence-corrected chi connectivity index (χ2v) is 7.50. The molecule has 32 heavy (non-hydrogen) atoms. The summed E-state index contributed by atoms with van der Waals surface area (Å²) >= 11 is 0. The number of hydrogen-bond donors (Lipinski definition) is 0. The molecule has 4 aromatic rings. The summed E-state index contributed by atoms with van der Waals surface area (Å²) in [6.07, 6.45) is -0.441. The first-order valence-corrected chi connectivity index (χ1v) is 10.6. The maximum Gasteiger partial charge on any atom is 0.315 e. The lowest BCUT2D eigenvalue weighted by atomic mass is 9.94. The van der Waals surface area contributed by atoms with Crippen LogP contribution in [0, 0.1) is 11.3 Å². The first kappa shape index (κ1) is 21.1. The molecule has 0 fully saturated rings. The normalized spacial score (nSPS) is 12.5. The number of fused-ring (bicyclic) bond motifs is 1. The molecular weight excluding hydrogens is 398 g/mol. The van der Waals surface area contributed by atoms with Crippen molar-refractivity contribution in [2.75, 3.05) is 0 Å². The van der Waals surface area contributed by atoms with Gasteiger partial charge < -0.3 is 9.47 Å². The highest BCUT2D eigenvalue weighted by atomic mass is 16.5. The Bertz CT molecular complexity index is 1260. The minimum Gasteiger partial charge on any atom is -0.457 e. The van der Waals surface area contributed by atoms with Crippen molar-refractivity contribution in [3.63, 3.8) is 0 Å². The summed E-state index contributed by atoms with van der Waals surface area (Å²) in [5.74, 6) is 0.409. The molecule has 0 aliphatic carbocycles. The number of carbonyl (C=O) groups excluding carboxylic acids is 1. The first-order valence-electron chi connectivity index (χ1n) is 10.6. The number of benzene rings is 4. The average Bonchev–Trinajstić information content (AvgIpc) is 2.84. The Morgan fingerprint density at radius 1 is 0.812 bits per heavy atom. The molecule has 4 aromatic carbocycles. The van der Waals surface area contributed by atoms with Gasteiger partial charge in [0.15, 0.2) is 0 Å². The van der Waals surface area contributed by atoms with Crippen molar-refractivity contribution < 1.29 is 14.3 Å². The van der Waals surface area contributed by atoms with E-state index in [9.17, 15) is 10.1 Å². The summed E-state index contributed by atoms with van der Waals surface area (Å²) < 4.78 is 11.5. The van der Waals surface area contributed by atoms with Crippen LogP contribution in [0.15, 0.2) is 97.1 Å². The number of hydrogen-bond acceptors (Lipinski definition) is 4. The lowest BCUT2D eigenvalue weighted by molar-refractivity contribution is -0.148. The maximum atomic E-state index is 13.0. The Morgan fingerprint density at radius 3 is 2.28 bits per heavy atom. The topological polar surface area (TPSA) is 59.3 Å². The smallest absolute Gasteiger partial charge is 0.315 e. The molecule has 0 amide bonds. The van der Waals surface area contributed by atoms with Crippen LogP contribution in [0.4, 0.5) is 0 Å². The second kappa shape index (κ2) is 9.80. The van der Waals surface area contributed by atoms with Gasteiger partial charge >= 0.3 is 5.97 Å². The van der Waals surface area contributed by atoms with Gasteiger partial charge in [-0.1, -0.05) is 79.7 Å². The Balaban J connectivity index is 1.52. The monoisotopic (exact) mass is 421 g/mol. The van der Waals surface area contributed by atoms with Crippen LogP contribution in [0.25, 0.3) is 10.8 Å². The zero-order valence-electron chi connectivity index (χ0n) is 17.8. The van der Waals surface area contributed by atoms with E-state index in [1.54, 1.807) is 24.3 Å². The number of carbonyl (C=O) groups is 1. The predicted octanol–water partition coefficient (Wildman–Crippen LogP) is 6.93. The van der Waals surface area contributed by atoms with Crippen molar-refractivity contribution in [2.45, 2.75) is 25.4 Å². The summed E-state index contributed by atoms with van der Waals surface area (Å²) in [5.41, 5.74) is 1.46. The molecule has 0 spiro atoms. The molecule has 2 unspecified atom stereocenters. The largest absolute Gasteiger partial charge is 0.457 e. The van der Waals surface area contributed by atoms with Crippen LogP contribution in [0.1, 0.15) is 36.5 Å². The Kier molecular flexibility index (Phi) is 6.48. The van der Waals surface area contributed by atoms with E-state index >= 15 is 0 Å². The molecule has 0 heterocycles. The van der Waals surface area contributed by atoms with E-state index in [-0.39, 0.29) is 0 Å². The lowest BCUT2D eigenvalue weighted by Gasteiger charge is -2.18. The lowest BCUT2D eigenvalue weighted by Crippen LogP contribution is -2.18. The SMILES string of the molecule is CCC(C(=O)OC(C#N)c1cccc(Oc2ccccc2)c1)c1ccc2ccccc2c1. The van der Waals surface area contributed by atoms with Gasteiger partial charge in [-0.05, 0) is 47.0 Å². The highest BCUT2D eigenvalue weighted by Gasteiger charge is 2.25. The summed E-state index contributed by atoms with van der Waals surface area (Å²) in [7, 11) is 0. The molecule has 0 saturated heterocycles. The third-order valence-electron chi connectivity index (χ3n) is 5.36. The zero-order chi connectivity index (χ0) is 22.3. The van der Waals surface area contributed by atoms with E-state index in [1.165, 1.54) is 0 Å². The van der Waals surface area contributed by atoms with Crippen LogP contribution in [0.2, 0.25) is 0 Å². The highest BCUT2D eigenvalue weighted by molar-refractivity contribution is 5.86. The predicted molar refractivity (Wildman–Crippen MR) is 124 cm³/mol. The molecule has 4 nitrogen and oxygen atoms in total. The summed E-state index contributed by atoms with van der Waals surface area (Å²) in [6.45, 7) is 1.94. The van der Waals surface area contributed by atoms with Crippen molar-refractivity contribution in [3.05, 3.63) is 108 Å². The van der Waals surface area contributed by atoms with Gasteiger partial charge in [0.05, 0.1) is 5.92 Å². The van der Waals surface area contributed by atoms with Gasteiger partial charge in [0, 0.05) is 5.56 Å². The van der Waals surface area contributed by atoms with Crippen LogP contribution >= 0.6 is 0 Å². The van der Waals surface area contributed by atoms with Gasteiger partial charge in [0.2, 0.25) is 6.10 Å². The summed E-state index contributed by atoms with van der Waals surface area (Å²) in [5, 5.41) is 11.9. The van der Waals surface area contributed by atoms with Crippen molar-refractivity contribution in [3.8, 4) is 17.6 Å². The van der Waals surface area contributed by atoms with Crippen LogP contribution in [-0.4, -0.2) is 5.97 Å². The molecule has 0 radical (unpaired) electrons. The standard InChI is InChI=1S/C28H23NO3/c1-2-26(22-16-15-20-9-6-7-10-21(20)17-22)28(30)32-27(19-29)23-11-8-14-25(18-23)31-24-12-4-3-5-13-24/h3-18,26-27H,2H2,1H3. The molecule has 4 rings (SSSR count). The Hall–Kier alpha value is -4.10. The van der Waals surface area contributed by atoms with E-state index in [0.29, 0.717) is 23.5 Å². The van der Waals surface area contributed by atoms with Gasteiger partial charge in [0.25, 0.3) is 0 Å². The maximum absolute atomic E-state index is 13.0. The van der Waals surface area contributed by atoms with Crippen molar-refractivity contribution in [2.24, 2.45) is 0 Å². The van der Waals surface area contributed by atoms with Gasteiger partial charge in [-0.25, -0.2) is 0 Å². The van der Waals surface area contributed by atoms with Crippen molar-refractivity contribution in [1.82, 2.24) is 0 Å². The summed E-state index contributed by atoms with van der Waals surface area (Å²) in [6, 6.07) is 32.6. The fourth-order valence-electron chi connectivity index (χ4n) is 3.70. The molecule has 4 heteroatoms. The van der Waals surface area contributed by atoms with Gasteiger partial charge in [0.1, 0.15) is 17.6 Å². The number of esters is 1. The summed E-state index contributed by atoms with van der Waals surface area (Å²) in [4.78, 5) is 13.0.